The number of benzene rings is 2. The highest BCUT2D eigenvalue weighted by Gasteiger charge is 2.08. The van der Waals surface area contributed by atoms with E-state index in [4.69, 9.17) is 4.74 Å². The molecule has 0 saturated heterocycles. The van der Waals surface area contributed by atoms with Crippen molar-refractivity contribution < 1.29 is 9.53 Å². The maximum atomic E-state index is 10.9. The van der Waals surface area contributed by atoms with Crippen LogP contribution in [0.2, 0.25) is 0 Å². The van der Waals surface area contributed by atoms with Gasteiger partial charge in [0, 0.05) is 5.92 Å². The number of carbonyl (C=O) groups excluding carboxylic acids is 1. The minimum absolute atomic E-state index is 0.123. The Morgan fingerprint density at radius 2 is 1.78 bits per heavy atom. The molecule has 0 aromatic heterocycles. The molecule has 2 aromatic rings. The lowest BCUT2D eigenvalue weighted by molar-refractivity contribution is -0.108. The molecular formula is C16H16O2. The molecule has 2 rings (SSSR count). The first-order valence-electron chi connectivity index (χ1n) is 5.94. The van der Waals surface area contributed by atoms with Crippen molar-refractivity contribution in [2.75, 3.05) is 7.11 Å². The SMILES string of the molecule is COc1cc(-c2ccccc2)cc([C@H](C)C=O)c1. The summed E-state index contributed by atoms with van der Waals surface area (Å²) in [6.07, 6.45) is 0.948. The molecule has 0 heterocycles. The van der Waals surface area contributed by atoms with Crippen LogP contribution in [-0.2, 0) is 4.79 Å². The van der Waals surface area contributed by atoms with E-state index in [1.807, 2.05) is 55.5 Å². The molecule has 2 nitrogen and oxygen atoms in total. The highest BCUT2D eigenvalue weighted by molar-refractivity contribution is 5.69. The number of hydrogen-bond acceptors (Lipinski definition) is 2. The van der Waals surface area contributed by atoms with Gasteiger partial charge in [-0.05, 0) is 28.8 Å². The topological polar surface area (TPSA) is 26.3 Å². The summed E-state index contributed by atoms with van der Waals surface area (Å²) >= 11 is 0. The summed E-state index contributed by atoms with van der Waals surface area (Å²) in [4.78, 5) is 10.9. The summed E-state index contributed by atoms with van der Waals surface area (Å²) in [5, 5.41) is 0. The van der Waals surface area contributed by atoms with Crippen molar-refractivity contribution in [3.05, 3.63) is 54.1 Å². The standard InChI is InChI=1S/C16H16O2/c1-12(11-17)14-8-15(10-16(9-14)18-2)13-6-4-3-5-7-13/h3-12H,1-2H3/t12-/m1/s1. The Morgan fingerprint density at radius 1 is 1.06 bits per heavy atom. The zero-order valence-electron chi connectivity index (χ0n) is 10.6. The molecule has 1 atom stereocenters. The van der Waals surface area contributed by atoms with Gasteiger partial charge in [0.1, 0.15) is 12.0 Å². The van der Waals surface area contributed by atoms with E-state index >= 15 is 0 Å². The molecule has 0 aliphatic heterocycles. The van der Waals surface area contributed by atoms with E-state index in [0.717, 1.165) is 28.7 Å². The highest BCUT2D eigenvalue weighted by atomic mass is 16.5. The molecule has 0 bridgehead atoms. The van der Waals surface area contributed by atoms with Gasteiger partial charge in [0.05, 0.1) is 7.11 Å². The molecule has 92 valence electrons. The van der Waals surface area contributed by atoms with Crippen molar-refractivity contribution in [2.45, 2.75) is 12.8 Å². The third-order valence-electron chi connectivity index (χ3n) is 3.00. The number of carbonyl (C=O) groups is 1. The number of rotatable bonds is 4. The lowest BCUT2D eigenvalue weighted by Crippen LogP contribution is -1.96. The van der Waals surface area contributed by atoms with Crippen LogP contribution in [0.15, 0.2) is 48.5 Å². The van der Waals surface area contributed by atoms with Gasteiger partial charge in [-0.1, -0.05) is 43.3 Å². The second-order valence-electron chi connectivity index (χ2n) is 4.29. The summed E-state index contributed by atoms with van der Waals surface area (Å²) in [6, 6.07) is 16.0. The van der Waals surface area contributed by atoms with Crippen molar-refractivity contribution in [3.8, 4) is 16.9 Å². The Balaban J connectivity index is 2.51. The number of ether oxygens (including phenoxy) is 1. The molecule has 0 unspecified atom stereocenters. The van der Waals surface area contributed by atoms with E-state index < -0.39 is 0 Å². The Kier molecular flexibility index (Phi) is 3.78. The van der Waals surface area contributed by atoms with Crippen LogP contribution in [0.4, 0.5) is 0 Å². The van der Waals surface area contributed by atoms with E-state index in [-0.39, 0.29) is 5.92 Å². The summed E-state index contributed by atoms with van der Waals surface area (Å²) in [5.74, 6) is 0.655. The van der Waals surface area contributed by atoms with E-state index in [9.17, 15) is 4.79 Å². The Bertz CT molecular complexity index is 532. The summed E-state index contributed by atoms with van der Waals surface area (Å²) in [5.41, 5.74) is 3.16. The molecule has 0 aliphatic carbocycles. The molecule has 0 spiro atoms. The second kappa shape index (κ2) is 5.50. The largest absolute Gasteiger partial charge is 0.497 e. The minimum atomic E-state index is -0.123. The maximum absolute atomic E-state index is 10.9. The monoisotopic (exact) mass is 240 g/mol. The van der Waals surface area contributed by atoms with Gasteiger partial charge in [-0.25, -0.2) is 0 Å². The molecule has 2 aromatic carbocycles. The van der Waals surface area contributed by atoms with E-state index in [1.165, 1.54) is 0 Å². The van der Waals surface area contributed by atoms with E-state index in [1.54, 1.807) is 7.11 Å². The van der Waals surface area contributed by atoms with Crippen molar-refractivity contribution in [3.63, 3.8) is 0 Å². The van der Waals surface area contributed by atoms with Crippen LogP contribution in [0.5, 0.6) is 5.75 Å². The first-order valence-corrected chi connectivity index (χ1v) is 5.94. The highest BCUT2D eigenvalue weighted by Crippen LogP contribution is 2.28. The molecule has 18 heavy (non-hydrogen) atoms. The zero-order chi connectivity index (χ0) is 13.0. The summed E-state index contributed by atoms with van der Waals surface area (Å²) < 4.78 is 5.30. The molecule has 0 aliphatic rings. The van der Waals surface area contributed by atoms with Crippen LogP contribution in [0.25, 0.3) is 11.1 Å². The number of methoxy groups -OCH3 is 1. The Morgan fingerprint density at radius 3 is 2.39 bits per heavy atom. The Hall–Kier alpha value is -2.09. The van der Waals surface area contributed by atoms with Gasteiger partial charge in [0.2, 0.25) is 0 Å². The van der Waals surface area contributed by atoms with Crippen LogP contribution >= 0.6 is 0 Å². The number of aldehydes is 1. The molecule has 0 amide bonds. The third-order valence-corrected chi connectivity index (χ3v) is 3.00. The van der Waals surface area contributed by atoms with Gasteiger partial charge < -0.3 is 9.53 Å². The van der Waals surface area contributed by atoms with Gasteiger partial charge in [-0.3, -0.25) is 0 Å². The van der Waals surface area contributed by atoms with Crippen LogP contribution in [0, 0.1) is 0 Å². The zero-order valence-corrected chi connectivity index (χ0v) is 10.6. The predicted octanol–water partition coefficient (Wildman–Crippen LogP) is 3.66. The van der Waals surface area contributed by atoms with Crippen molar-refractivity contribution in [2.24, 2.45) is 0 Å². The lowest BCUT2D eigenvalue weighted by Gasteiger charge is -2.11. The van der Waals surface area contributed by atoms with Gasteiger partial charge in [0.25, 0.3) is 0 Å². The normalized spacial score (nSPS) is 11.9. The molecule has 0 fully saturated rings. The van der Waals surface area contributed by atoms with Gasteiger partial charge >= 0.3 is 0 Å². The van der Waals surface area contributed by atoms with E-state index in [2.05, 4.69) is 0 Å². The van der Waals surface area contributed by atoms with Crippen molar-refractivity contribution in [1.82, 2.24) is 0 Å². The van der Waals surface area contributed by atoms with Crippen LogP contribution in [-0.4, -0.2) is 13.4 Å². The van der Waals surface area contributed by atoms with Crippen molar-refractivity contribution in [1.29, 1.82) is 0 Å². The number of hydrogen-bond donors (Lipinski definition) is 0. The summed E-state index contributed by atoms with van der Waals surface area (Å²) in [7, 11) is 1.64. The molecular weight excluding hydrogens is 224 g/mol. The van der Waals surface area contributed by atoms with Crippen LogP contribution in [0.3, 0.4) is 0 Å². The fraction of sp³-hybridized carbons (Fsp3) is 0.188. The minimum Gasteiger partial charge on any atom is -0.497 e. The lowest BCUT2D eigenvalue weighted by atomic mass is 9.96. The maximum Gasteiger partial charge on any atom is 0.127 e. The molecule has 0 saturated carbocycles. The Labute approximate surface area is 107 Å². The third kappa shape index (κ3) is 2.59. The second-order valence-corrected chi connectivity index (χ2v) is 4.29. The average molecular weight is 240 g/mol. The predicted molar refractivity (Wildman–Crippen MR) is 72.9 cm³/mol. The van der Waals surface area contributed by atoms with Crippen molar-refractivity contribution >= 4 is 6.29 Å². The summed E-state index contributed by atoms with van der Waals surface area (Å²) in [6.45, 7) is 1.89. The fourth-order valence-corrected chi connectivity index (χ4v) is 1.88. The molecule has 2 heteroatoms. The van der Waals surface area contributed by atoms with Gasteiger partial charge in [-0.2, -0.15) is 0 Å². The smallest absolute Gasteiger partial charge is 0.127 e. The van der Waals surface area contributed by atoms with Gasteiger partial charge in [0.15, 0.2) is 0 Å². The average Bonchev–Trinajstić information content (AvgIpc) is 2.46. The first-order chi connectivity index (χ1) is 8.74. The molecule has 0 N–H and O–H groups in total. The van der Waals surface area contributed by atoms with Crippen LogP contribution in [0.1, 0.15) is 18.4 Å². The molecule has 0 radical (unpaired) electrons. The van der Waals surface area contributed by atoms with E-state index in [0.29, 0.717) is 0 Å². The fourth-order valence-electron chi connectivity index (χ4n) is 1.88. The first kappa shape index (κ1) is 12.4. The van der Waals surface area contributed by atoms with Gasteiger partial charge in [-0.15, -0.1) is 0 Å². The van der Waals surface area contributed by atoms with Crippen LogP contribution < -0.4 is 4.74 Å². The quantitative estimate of drug-likeness (QED) is 0.762.